The lowest BCUT2D eigenvalue weighted by molar-refractivity contribution is 0.197. The summed E-state index contributed by atoms with van der Waals surface area (Å²) in [6.07, 6.45) is 2.19. The molecule has 0 aliphatic rings. The molecule has 0 bridgehead atoms. The minimum absolute atomic E-state index is 0.532. The quantitative estimate of drug-likeness (QED) is 0.762. The van der Waals surface area contributed by atoms with Gasteiger partial charge in [-0.05, 0) is 24.7 Å². The average Bonchev–Trinajstić information content (AvgIpc) is 2.61. The standard InChI is InChI=1S/C20H25O2P/c1-3-4-15-20(21)17(2)16-23(22,18-11-7-5-8-12-18)19-13-9-6-10-14-19/h5-14,16,20-21H,3-4,15H2,1-2H3/b17-16+/t20-/m1/s1. The predicted molar refractivity (Wildman–Crippen MR) is 99.0 cm³/mol. The van der Waals surface area contributed by atoms with Crippen LogP contribution in [0.25, 0.3) is 0 Å². The maximum atomic E-state index is 13.8. The normalized spacial score (nSPS) is 13.8. The molecule has 0 radical (unpaired) electrons. The van der Waals surface area contributed by atoms with Gasteiger partial charge in [-0.25, -0.2) is 0 Å². The van der Waals surface area contributed by atoms with Crippen molar-refractivity contribution in [3.05, 3.63) is 72.1 Å². The molecule has 0 amide bonds. The SMILES string of the molecule is CCCC[C@@H](O)/C(C)=C/P(=O)(c1ccccc1)c1ccccc1. The zero-order chi connectivity index (χ0) is 16.7. The first kappa shape index (κ1) is 17.7. The molecule has 0 aromatic heterocycles. The van der Waals surface area contributed by atoms with Crippen LogP contribution in [-0.4, -0.2) is 11.2 Å². The van der Waals surface area contributed by atoms with Crippen LogP contribution >= 0.6 is 7.14 Å². The number of benzene rings is 2. The van der Waals surface area contributed by atoms with E-state index >= 15 is 0 Å². The van der Waals surface area contributed by atoms with E-state index in [1.807, 2.05) is 67.6 Å². The summed E-state index contributed by atoms with van der Waals surface area (Å²) in [4.78, 5) is 0. The summed E-state index contributed by atoms with van der Waals surface area (Å²) in [5.74, 6) is 1.79. The highest BCUT2D eigenvalue weighted by molar-refractivity contribution is 7.81. The topological polar surface area (TPSA) is 37.3 Å². The highest BCUT2D eigenvalue weighted by atomic mass is 31.2. The largest absolute Gasteiger partial charge is 0.389 e. The van der Waals surface area contributed by atoms with Crippen molar-refractivity contribution in [3.63, 3.8) is 0 Å². The Hall–Kier alpha value is -1.63. The van der Waals surface area contributed by atoms with E-state index in [0.29, 0.717) is 6.42 Å². The minimum atomic E-state index is -2.89. The van der Waals surface area contributed by atoms with Crippen molar-refractivity contribution in [3.8, 4) is 0 Å². The molecule has 122 valence electrons. The van der Waals surface area contributed by atoms with Crippen molar-refractivity contribution in [1.29, 1.82) is 0 Å². The predicted octanol–water partition coefficient (Wildman–Crippen LogP) is 4.46. The van der Waals surface area contributed by atoms with Gasteiger partial charge in [0.25, 0.3) is 0 Å². The van der Waals surface area contributed by atoms with Gasteiger partial charge in [-0.15, -0.1) is 0 Å². The number of aliphatic hydroxyl groups excluding tert-OH is 1. The molecular weight excluding hydrogens is 303 g/mol. The lowest BCUT2D eigenvalue weighted by Crippen LogP contribution is -2.16. The molecule has 0 unspecified atom stereocenters. The van der Waals surface area contributed by atoms with Crippen LogP contribution in [0.1, 0.15) is 33.1 Å². The molecule has 2 rings (SSSR count). The zero-order valence-corrected chi connectivity index (χ0v) is 14.7. The van der Waals surface area contributed by atoms with Gasteiger partial charge in [-0.2, -0.15) is 0 Å². The summed E-state index contributed by atoms with van der Waals surface area (Å²) in [6.45, 7) is 3.98. The van der Waals surface area contributed by atoms with Crippen LogP contribution < -0.4 is 10.6 Å². The van der Waals surface area contributed by atoms with Gasteiger partial charge in [0.15, 0.2) is 7.14 Å². The molecule has 2 nitrogen and oxygen atoms in total. The van der Waals surface area contributed by atoms with Gasteiger partial charge in [0, 0.05) is 10.6 Å². The van der Waals surface area contributed by atoms with Crippen molar-refractivity contribution in [1.82, 2.24) is 0 Å². The molecular formula is C20H25O2P. The highest BCUT2D eigenvalue weighted by Crippen LogP contribution is 2.46. The molecule has 0 heterocycles. The molecule has 0 saturated heterocycles. The number of hydrogen-bond acceptors (Lipinski definition) is 2. The molecule has 0 spiro atoms. The summed E-state index contributed by atoms with van der Waals surface area (Å²) in [6, 6.07) is 19.1. The first-order valence-corrected chi connectivity index (χ1v) is 9.94. The number of unbranched alkanes of at least 4 members (excludes halogenated alkanes) is 1. The van der Waals surface area contributed by atoms with Gasteiger partial charge in [0.2, 0.25) is 0 Å². The van der Waals surface area contributed by atoms with Gasteiger partial charge in [-0.1, -0.05) is 80.4 Å². The average molecular weight is 328 g/mol. The molecule has 0 saturated carbocycles. The molecule has 2 aromatic rings. The molecule has 3 heteroatoms. The summed E-state index contributed by atoms with van der Waals surface area (Å²) < 4.78 is 13.8. The molecule has 2 aromatic carbocycles. The Balaban J connectivity index is 2.45. The third-order valence-electron chi connectivity index (χ3n) is 4.02. The number of rotatable bonds is 7. The van der Waals surface area contributed by atoms with Crippen LogP contribution in [0.3, 0.4) is 0 Å². The van der Waals surface area contributed by atoms with Crippen molar-refractivity contribution in [2.45, 2.75) is 39.2 Å². The van der Waals surface area contributed by atoms with E-state index in [2.05, 4.69) is 6.92 Å². The van der Waals surface area contributed by atoms with Gasteiger partial charge in [0.1, 0.15) is 0 Å². The first-order chi connectivity index (χ1) is 11.1. The van der Waals surface area contributed by atoms with E-state index in [4.69, 9.17) is 0 Å². The molecule has 1 atom stereocenters. The fourth-order valence-electron chi connectivity index (χ4n) is 2.60. The molecule has 23 heavy (non-hydrogen) atoms. The fraction of sp³-hybridized carbons (Fsp3) is 0.300. The van der Waals surface area contributed by atoms with E-state index in [1.54, 1.807) is 5.82 Å². The second-order valence-corrected chi connectivity index (χ2v) is 8.47. The third kappa shape index (κ3) is 4.43. The summed E-state index contributed by atoms with van der Waals surface area (Å²) in [7, 11) is -2.89. The molecule has 0 aliphatic heterocycles. The van der Waals surface area contributed by atoms with Crippen LogP contribution in [-0.2, 0) is 4.57 Å². The monoisotopic (exact) mass is 328 g/mol. The van der Waals surface area contributed by atoms with Crippen LogP contribution in [0.5, 0.6) is 0 Å². The Morgan fingerprint density at radius 3 is 1.96 bits per heavy atom. The van der Waals surface area contributed by atoms with Crippen molar-refractivity contribution >= 4 is 17.8 Å². The van der Waals surface area contributed by atoms with Crippen LogP contribution in [0.4, 0.5) is 0 Å². The molecule has 1 N–H and O–H groups in total. The summed E-state index contributed by atoms with van der Waals surface area (Å²) in [5.41, 5.74) is 0.787. The van der Waals surface area contributed by atoms with Crippen molar-refractivity contribution < 1.29 is 9.67 Å². The smallest absolute Gasteiger partial charge is 0.164 e. The van der Waals surface area contributed by atoms with Crippen LogP contribution in [0.2, 0.25) is 0 Å². The van der Waals surface area contributed by atoms with Gasteiger partial charge < -0.3 is 9.67 Å². The molecule has 0 fully saturated rings. The second kappa shape index (κ2) is 8.29. The highest BCUT2D eigenvalue weighted by Gasteiger charge is 2.25. The van der Waals surface area contributed by atoms with E-state index in [1.165, 1.54) is 0 Å². The lowest BCUT2D eigenvalue weighted by Gasteiger charge is -2.19. The van der Waals surface area contributed by atoms with Gasteiger partial charge in [-0.3, -0.25) is 0 Å². The Bertz CT molecular complexity index is 634. The van der Waals surface area contributed by atoms with E-state index < -0.39 is 13.2 Å². The lowest BCUT2D eigenvalue weighted by atomic mass is 10.1. The van der Waals surface area contributed by atoms with Gasteiger partial charge in [0.05, 0.1) is 6.10 Å². The Morgan fingerprint density at radius 2 is 1.52 bits per heavy atom. The van der Waals surface area contributed by atoms with Crippen molar-refractivity contribution in [2.24, 2.45) is 0 Å². The van der Waals surface area contributed by atoms with E-state index in [0.717, 1.165) is 29.0 Å². The Labute approximate surface area is 139 Å². The van der Waals surface area contributed by atoms with Gasteiger partial charge >= 0.3 is 0 Å². The van der Waals surface area contributed by atoms with Crippen LogP contribution in [0.15, 0.2) is 72.1 Å². The first-order valence-electron chi connectivity index (χ1n) is 8.16. The summed E-state index contributed by atoms with van der Waals surface area (Å²) >= 11 is 0. The summed E-state index contributed by atoms with van der Waals surface area (Å²) in [5, 5.41) is 11.9. The van der Waals surface area contributed by atoms with E-state index in [-0.39, 0.29) is 0 Å². The fourth-order valence-corrected chi connectivity index (χ4v) is 5.17. The van der Waals surface area contributed by atoms with Crippen LogP contribution in [0, 0.1) is 0 Å². The Morgan fingerprint density at radius 1 is 1.04 bits per heavy atom. The number of aliphatic hydroxyl groups is 1. The molecule has 0 aliphatic carbocycles. The van der Waals surface area contributed by atoms with Crippen molar-refractivity contribution in [2.75, 3.05) is 0 Å². The third-order valence-corrected chi connectivity index (χ3v) is 6.92. The van der Waals surface area contributed by atoms with E-state index in [9.17, 15) is 9.67 Å². The minimum Gasteiger partial charge on any atom is -0.389 e. The maximum absolute atomic E-state index is 13.8. The zero-order valence-electron chi connectivity index (χ0n) is 13.9. The maximum Gasteiger partial charge on any atom is 0.164 e. The number of hydrogen-bond donors (Lipinski definition) is 1. The Kier molecular flexibility index (Phi) is 6.38. The second-order valence-electron chi connectivity index (χ2n) is 5.86.